The van der Waals surface area contributed by atoms with Gasteiger partial charge in [-0.05, 0) is 55.4 Å². The van der Waals surface area contributed by atoms with Crippen LogP contribution in [0.2, 0.25) is 0 Å². The average molecular weight is 683 g/mol. The van der Waals surface area contributed by atoms with Crippen molar-refractivity contribution in [2.24, 2.45) is 10.8 Å². The number of esters is 3. The normalized spacial score (nSPS) is 12.0. The molecule has 0 aromatic rings. The zero-order valence-corrected chi connectivity index (χ0v) is 25.4. The first-order valence-electron chi connectivity index (χ1n) is 11.4. The summed E-state index contributed by atoms with van der Waals surface area (Å²) in [6.45, 7) is 21.1. The molecule has 1 unspecified atom stereocenters. The van der Waals surface area contributed by atoms with Crippen LogP contribution >= 0.6 is 16.1 Å². The monoisotopic (exact) mass is 682 g/mol. The van der Waals surface area contributed by atoms with E-state index >= 15 is 0 Å². The van der Waals surface area contributed by atoms with E-state index in [9.17, 15) is 27.9 Å². The van der Waals surface area contributed by atoms with Crippen LogP contribution in [-0.4, -0.2) is 46.0 Å². The van der Waals surface area contributed by atoms with E-state index in [1.165, 1.54) is 20.8 Å². The summed E-state index contributed by atoms with van der Waals surface area (Å²) in [7, 11) is -3.95. The maximum absolute atomic E-state index is 13.6. The quantitative estimate of drug-likeness (QED) is 0.0856. The molecule has 272 valence electrons. The van der Waals surface area contributed by atoms with Gasteiger partial charge in [0.15, 0.2) is 0 Å². The van der Waals surface area contributed by atoms with E-state index in [0.29, 0.717) is 0 Å². The van der Waals surface area contributed by atoms with E-state index in [4.69, 9.17) is 18.9 Å². The molecule has 0 saturated carbocycles. The molecule has 0 saturated heterocycles. The lowest BCUT2D eigenvalue weighted by molar-refractivity contribution is -0.207. The molecule has 0 aromatic carbocycles. The molecular formula is C32H73FO9P2. The molecule has 0 aromatic heterocycles. The minimum absolute atomic E-state index is 0. The number of ether oxygens (including phenoxy) is 4. The first-order chi connectivity index (χ1) is 15.8. The van der Waals surface area contributed by atoms with Gasteiger partial charge in [-0.25, -0.2) is 8.99 Å². The van der Waals surface area contributed by atoms with E-state index in [0.717, 1.165) is 0 Å². The minimum Gasteiger partial charge on any atom is -0.459 e. The highest BCUT2D eigenvalue weighted by Crippen LogP contribution is 2.55. The summed E-state index contributed by atoms with van der Waals surface area (Å²) in [4.78, 5) is 48.8. The second kappa shape index (κ2) is 22.0. The lowest BCUT2D eigenvalue weighted by atomic mass is 9.66. The number of carbonyl (C=O) groups is 4. The van der Waals surface area contributed by atoms with Crippen molar-refractivity contribution in [1.29, 1.82) is 0 Å². The smallest absolute Gasteiger partial charge is 0.372 e. The maximum Gasteiger partial charge on any atom is 0.372 e. The third-order valence-electron chi connectivity index (χ3n) is 8.01. The van der Waals surface area contributed by atoms with Gasteiger partial charge >= 0.3 is 23.6 Å². The Labute approximate surface area is 275 Å². The van der Waals surface area contributed by atoms with Crippen molar-refractivity contribution in [2.45, 2.75) is 178 Å². The summed E-state index contributed by atoms with van der Waals surface area (Å²) in [5, 5.41) is 0. The van der Waals surface area contributed by atoms with Crippen molar-refractivity contribution in [3.05, 3.63) is 0 Å². The van der Waals surface area contributed by atoms with E-state index in [1.54, 1.807) is 69.2 Å². The van der Waals surface area contributed by atoms with Crippen molar-refractivity contribution >= 4 is 39.7 Å². The van der Waals surface area contributed by atoms with Crippen molar-refractivity contribution in [2.75, 3.05) is 0 Å². The third-order valence-corrected chi connectivity index (χ3v) is 9.47. The predicted octanol–water partition coefficient (Wildman–Crippen LogP) is 12.0. The van der Waals surface area contributed by atoms with Crippen molar-refractivity contribution in [3.63, 3.8) is 0 Å². The van der Waals surface area contributed by atoms with Crippen LogP contribution in [0.15, 0.2) is 0 Å². The summed E-state index contributed by atoms with van der Waals surface area (Å²) in [5.74, 6) is -2.19. The molecule has 0 fully saturated rings. The zero-order valence-electron chi connectivity index (χ0n) is 23.7. The number of halogens is 1. The number of rotatable bonds is 12. The van der Waals surface area contributed by atoms with Crippen LogP contribution in [0.1, 0.15) is 156 Å². The molecule has 0 N–H and O–H groups in total. The molecule has 0 amide bonds. The van der Waals surface area contributed by atoms with E-state index in [2.05, 4.69) is 0 Å². The molecule has 44 heavy (non-hydrogen) atoms. The van der Waals surface area contributed by atoms with Crippen molar-refractivity contribution in [3.8, 4) is 0 Å². The summed E-state index contributed by atoms with van der Waals surface area (Å²) in [6.07, 6.45) is -0.696. The van der Waals surface area contributed by atoms with E-state index in [-0.39, 0.29) is 59.4 Å². The fourth-order valence-corrected chi connectivity index (χ4v) is 4.06. The molecule has 0 rings (SSSR count). The van der Waals surface area contributed by atoms with Gasteiger partial charge < -0.3 is 18.9 Å². The molecular weight excluding hydrogens is 609 g/mol. The Morgan fingerprint density at radius 1 is 0.545 bits per heavy atom. The van der Waals surface area contributed by atoms with Gasteiger partial charge in [0.25, 0.3) is 7.92 Å². The standard InChI is InChI=1S/C24H41FO9P2.8CH4/c1-15(26)31-21(6,7)19(2,3)22(8,9)32-16(27)14-17(28)33-23(10,11)20(4,5)24(12,13)34-18(29)36(25)35-30;;;;;;;;/h14H2,1-13H3;8*1H4. The van der Waals surface area contributed by atoms with Gasteiger partial charge in [-0.1, -0.05) is 87.1 Å². The molecule has 0 aliphatic heterocycles. The topological polar surface area (TPSA) is 122 Å². The van der Waals surface area contributed by atoms with Gasteiger partial charge in [-0.15, -0.1) is 0 Å². The Balaban J connectivity index is -0.000000219. The number of hydrogen-bond acceptors (Lipinski definition) is 9. The van der Waals surface area contributed by atoms with Crippen LogP contribution in [0.4, 0.5) is 8.99 Å². The molecule has 9 nitrogen and oxygen atoms in total. The Hall–Kier alpha value is -1.66. The first-order valence-corrected chi connectivity index (χ1v) is 14.2. The van der Waals surface area contributed by atoms with E-state index in [1.807, 2.05) is 0 Å². The summed E-state index contributed by atoms with van der Waals surface area (Å²) >= 11 is 0. The van der Waals surface area contributed by atoms with Crippen LogP contribution in [-0.2, 0) is 37.9 Å². The van der Waals surface area contributed by atoms with Crippen molar-refractivity contribution < 1.29 is 46.9 Å². The Morgan fingerprint density at radius 3 is 1.05 bits per heavy atom. The van der Waals surface area contributed by atoms with Crippen LogP contribution < -0.4 is 0 Å². The number of hydrogen-bond donors (Lipinski definition) is 0. The van der Waals surface area contributed by atoms with Crippen LogP contribution in [0.5, 0.6) is 0 Å². The van der Waals surface area contributed by atoms with Gasteiger partial charge in [-0.3, -0.25) is 18.9 Å². The second-order valence-corrected chi connectivity index (χ2v) is 14.3. The van der Waals surface area contributed by atoms with Crippen LogP contribution in [0.25, 0.3) is 0 Å². The highest BCUT2D eigenvalue weighted by atomic mass is 32.1. The van der Waals surface area contributed by atoms with Crippen molar-refractivity contribution in [1.82, 2.24) is 0 Å². The summed E-state index contributed by atoms with van der Waals surface area (Å²) < 4.78 is 46.2. The Bertz CT molecular complexity index is 881. The molecule has 0 bridgehead atoms. The minimum atomic E-state index is -2.99. The first kappa shape index (κ1) is 65.1. The molecule has 0 radical (unpaired) electrons. The van der Waals surface area contributed by atoms with E-state index < -0.39 is 79.3 Å². The maximum atomic E-state index is 13.6. The van der Waals surface area contributed by atoms with Gasteiger partial charge in [0.05, 0.1) is 0 Å². The number of carbonyl (C=O) groups excluding carboxylic acids is 4. The fraction of sp³-hybridized carbons (Fsp3) is 0.875. The lowest BCUT2D eigenvalue weighted by Crippen LogP contribution is -2.57. The Morgan fingerprint density at radius 2 is 0.795 bits per heavy atom. The molecule has 12 heteroatoms. The summed E-state index contributed by atoms with van der Waals surface area (Å²) in [5.41, 5.74) is -7.91. The second-order valence-electron chi connectivity index (χ2n) is 11.7. The zero-order chi connectivity index (χ0) is 29.1. The molecule has 0 spiro atoms. The third kappa shape index (κ3) is 15.1. The van der Waals surface area contributed by atoms with Gasteiger partial charge in [0, 0.05) is 17.8 Å². The van der Waals surface area contributed by atoms with Gasteiger partial charge in [-0.2, -0.15) is 0 Å². The molecule has 0 heterocycles. The average Bonchev–Trinajstić information content (AvgIpc) is 2.63. The van der Waals surface area contributed by atoms with Gasteiger partial charge in [0.2, 0.25) is 8.15 Å². The molecule has 0 aliphatic rings. The molecule has 0 aliphatic carbocycles. The fourth-order valence-electron chi connectivity index (χ4n) is 3.37. The summed E-state index contributed by atoms with van der Waals surface area (Å²) in [6, 6.07) is 0. The molecule has 1 atom stereocenters. The SMILES string of the molecule is C.C.C.C.C.C.C.C.CC(=O)OC(C)(C)C(C)(C)C(C)(C)OC(=O)CC(=O)OC(C)(C)C(C)(C)C(C)(C)OC(=O)P(F)P=O. The largest absolute Gasteiger partial charge is 0.459 e. The van der Waals surface area contributed by atoms with Crippen LogP contribution in [0.3, 0.4) is 0 Å². The lowest BCUT2D eigenvalue weighted by Gasteiger charge is -2.50. The highest BCUT2D eigenvalue weighted by Gasteiger charge is 2.55. The Kier molecular flexibility index (Phi) is 32.5. The van der Waals surface area contributed by atoms with Crippen LogP contribution in [0, 0.1) is 10.8 Å². The highest BCUT2D eigenvalue weighted by molar-refractivity contribution is 8.21. The predicted molar refractivity (Wildman–Crippen MR) is 188 cm³/mol. The van der Waals surface area contributed by atoms with Gasteiger partial charge in [0.1, 0.15) is 28.8 Å².